The number of hydrogen-bond acceptors (Lipinski definition) is 6. The summed E-state index contributed by atoms with van der Waals surface area (Å²) in [4.78, 5) is 30.1. The van der Waals surface area contributed by atoms with Crippen LogP contribution in [0.5, 0.6) is 0 Å². The average Bonchev–Trinajstić information content (AvgIpc) is 3.23. The van der Waals surface area contributed by atoms with Gasteiger partial charge in [-0.05, 0) is 31.0 Å². The number of carboxylic acid groups (broad SMARTS) is 1. The van der Waals surface area contributed by atoms with Gasteiger partial charge in [0, 0.05) is 53.4 Å². The van der Waals surface area contributed by atoms with Gasteiger partial charge >= 0.3 is 16.2 Å². The third-order valence-corrected chi connectivity index (χ3v) is 6.94. The predicted molar refractivity (Wildman–Crippen MR) is 114 cm³/mol. The van der Waals surface area contributed by atoms with Crippen LogP contribution in [0, 0.1) is 0 Å². The number of nitrogens with zero attached hydrogens (tertiary/aromatic N) is 4. The number of carboxylic acids is 1. The van der Waals surface area contributed by atoms with Crippen LogP contribution in [0.15, 0.2) is 18.2 Å². The number of carbonyl (C=O) groups excluding carboxylic acids is 1. The molecule has 2 aliphatic rings. The van der Waals surface area contributed by atoms with E-state index in [0.717, 1.165) is 30.2 Å². The highest BCUT2D eigenvalue weighted by atomic mass is 32.2. The van der Waals surface area contributed by atoms with Gasteiger partial charge in [0.05, 0.1) is 23.5 Å². The molecule has 3 rings (SSSR count). The maximum Gasteiger partial charge on any atom is 0.337 e. The first-order chi connectivity index (χ1) is 14.2. The maximum absolute atomic E-state index is 12.3. The number of aromatic carboxylic acids is 1. The van der Waals surface area contributed by atoms with Crippen molar-refractivity contribution in [3.63, 3.8) is 0 Å². The highest BCUT2D eigenvalue weighted by Gasteiger charge is 2.26. The summed E-state index contributed by atoms with van der Waals surface area (Å²) in [6.45, 7) is 4.58. The molecule has 2 saturated heterocycles. The lowest BCUT2D eigenvalue weighted by molar-refractivity contribution is -0.131. The SMILES string of the molecule is CN(C)S(=O)(=O)Nc1ccc(N2CCN(CC(=O)N3CCCC3)CC2)c(C(=O)O)c1. The number of carbonyl (C=O) groups is 2. The lowest BCUT2D eigenvalue weighted by Crippen LogP contribution is -2.50. The van der Waals surface area contributed by atoms with Gasteiger partial charge in [-0.2, -0.15) is 12.7 Å². The quantitative estimate of drug-likeness (QED) is 0.630. The molecule has 166 valence electrons. The van der Waals surface area contributed by atoms with Gasteiger partial charge in [0.25, 0.3) is 0 Å². The average molecular weight is 440 g/mol. The minimum atomic E-state index is -3.72. The first-order valence-corrected chi connectivity index (χ1v) is 11.4. The number of benzene rings is 1. The Bertz CT molecular complexity index is 891. The summed E-state index contributed by atoms with van der Waals surface area (Å²) in [5.74, 6) is -0.966. The van der Waals surface area contributed by atoms with E-state index in [-0.39, 0.29) is 17.2 Å². The number of likely N-dealkylation sites (tertiary alicyclic amines) is 1. The fraction of sp³-hybridized carbons (Fsp3) is 0.579. The Balaban J connectivity index is 1.66. The summed E-state index contributed by atoms with van der Waals surface area (Å²) in [5.41, 5.74) is 0.774. The van der Waals surface area contributed by atoms with Crippen LogP contribution in [0.4, 0.5) is 11.4 Å². The summed E-state index contributed by atoms with van der Waals surface area (Å²) in [5, 5.41) is 9.65. The predicted octanol–water partition coefficient (Wildman–Crippen LogP) is 0.348. The maximum atomic E-state index is 12.3. The Hall–Kier alpha value is -2.37. The van der Waals surface area contributed by atoms with Gasteiger partial charge in [-0.1, -0.05) is 0 Å². The first-order valence-electron chi connectivity index (χ1n) is 10.00. The van der Waals surface area contributed by atoms with Crippen LogP contribution >= 0.6 is 0 Å². The second-order valence-corrected chi connectivity index (χ2v) is 9.66. The molecule has 1 aromatic carbocycles. The molecule has 2 aliphatic heterocycles. The van der Waals surface area contributed by atoms with Crippen molar-refractivity contribution in [3.05, 3.63) is 23.8 Å². The van der Waals surface area contributed by atoms with E-state index in [9.17, 15) is 23.1 Å². The Morgan fingerprint density at radius 2 is 1.70 bits per heavy atom. The molecule has 10 nitrogen and oxygen atoms in total. The van der Waals surface area contributed by atoms with Gasteiger partial charge in [0.15, 0.2) is 0 Å². The van der Waals surface area contributed by atoms with Gasteiger partial charge in [-0.3, -0.25) is 14.4 Å². The van der Waals surface area contributed by atoms with Crippen molar-refractivity contribution < 1.29 is 23.1 Å². The Morgan fingerprint density at radius 3 is 2.27 bits per heavy atom. The molecule has 2 N–H and O–H groups in total. The summed E-state index contributed by atoms with van der Waals surface area (Å²) in [6.07, 6.45) is 2.14. The number of anilines is 2. The molecule has 0 bridgehead atoms. The van der Waals surface area contributed by atoms with Crippen LogP contribution in [-0.2, 0) is 15.0 Å². The molecule has 1 amide bonds. The summed E-state index contributed by atoms with van der Waals surface area (Å²) >= 11 is 0. The summed E-state index contributed by atoms with van der Waals surface area (Å²) in [6, 6.07) is 4.52. The van der Waals surface area contributed by atoms with E-state index in [1.807, 2.05) is 9.80 Å². The summed E-state index contributed by atoms with van der Waals surface area (Å²) in [7, 11) is -0.940. The van der Waals surface area contributed by atoms with Crippen LogP contribution in [0.25, 0.3) is 0 Å². The Kier molecular flexibility index (Phi) is 6.84. The van der Waals surface area contributed by atoms with Crippen molar-refractivity contribution in [3.8, 4) is 0 Å². The van der Waals surface area contributed by atoms with Gasteiger partial charge in [-0.25, -0.2) is 4.79 Å². The van der Waals surface area contributed by atoms with Gasteiger partial charge in [0.2, 0.25) is 5.91 Å². The normalized spacial score (nSPS) is 18.1. The molecule has 30 heavy (non-hydrogen) atoms. The molecular weight excluding hydrogens is 410 g/mol. The molecule has 0 atom stereocenters. The van der Waals surface area contributed by atoms with E-state index in [2.05, 4.69) is 9.62 Å². The second-order valence-electron chi connectivity index (χ2n) is 7.78. The third-order valence-electron chi connectivity index (χ3n) is 5.49. The molecular formula is C19H29N5O5S. The fourth-order valence-electron chi connectivity index (χ4n) is 3.69. The zero-order chi connectivity index (χ0) is 21.9. The van der Waals surface area contributed by atoms with E-state index in [4.69, 9.17) is 0 Å². The largest absolute Gasteiger partial charge is 0.478 e. The number of amides is 1. The Labute approximate surface area is 177 Å². The highest BCUT2D eigenvalue weighted by Crippen LogP contribution is 2.26. The van der Waals surface area contributed by atoms with Crippen LogP contribution < -0.4 is 9.62 Å². The van der Waals surface area contributed by atoms with E-state index >= 15 is 0 Å². The van der Waals surface area contributed by atoms with Crippen LogP contribution in [0.3, 0.4) is 0 Å². The third kappa shape index (κ3) is 5.21. The van der Waals surface area contributed by atoms with Crippen LogP contribution in [-0.4, -0.2) is 99.4 Å². The molecule has 0 radical (unpaired) electrons. The standard InChI is InChI=1S/C19H29N5O5S/c1-21(2)30(28,29)20-15-5-6-17(16(13-15)19(26)27)23-11-9-22(10-12-23)14-18(25)24-7-3-4-8-24/h5-6,13,20H,3-4,7-12,14H2,1-2H3,(H,26,27). The molecule has 2 fully saturated rings. The number of nitrogens with one attached hydrogen (secondary N) is 1. The van der Waals surface area contributed by atoms with E-state index in [1.54, 1.807) is 12.1 Å². The van der Waals surface area contributed by atoms with Crippen molar-refractivity contribution in [2.45, 2.75) is 12.8 Å². The van der Waals surface area contributed by atoms with Crippen LogP contribution in [0.2, 0.25) is 0 Å². The van der Waals surface area contributed by atoms with Gasteiger partial charge < -0.3 is 14.9 Å². The zero-order valence-electron chi connectivity index (χ0n) is 17.4. The topological polar surface area (TPSA) is 114 Å². The van der Waals surface area contributed by atoms with E-state index in [1.165, 1.54) is 20.2 Å². The fourth-order valence-corrected chi connectivity index (χ4v) is 4.30. The van der Waals surface area contributed by atoms with Crippen LogP contribution in [0.1, 0.15) is 23.2 Å². The van der Waals surface area contributed by atoms with Gasteiger partial charge in [0.1, 0.15) is 0 Å². The minimum Gasteiger partial charge on any atom is -0.478 e. The smallest absolute Gasteiger partial charge is 0.337 e. The molecule has 0 aromatic heterocycles. The van der Waals surface area contributed by atoms with E-state index in [0.29, 0.717) is 38.4 Å². The molecule has 0 aliphatic carbocycles. The Morgan fingerprint density at radius 1 is 1.07 bits per heavy atom. The lowest BCUT2D eigenvalue weighted by Gasteiger charge is -2.37. The van der Waals surface area contributed by atoms with E-state index < -0.39 is 16.2 Å². The first kappa shape index (κ1) is 22.3. The molecule has 0 saturated carbocycles. The minimum absolute atomic E-state index is 0.0375. The van der Waals surface area contributed by atoms with Crippen molar-refractivity contribution in [2.75, 3.05) is 69.5 Å². The van der Waals surface area contributed by atoms with Gasteiger partial charge in [-0.15, -0.1) is 0 Å². The van der Waals surface area contributed by atoms with Crippen molar-refractivity contribution in [1.82, 2.24) is 14.1 Å². The molecule has 0 unspecified atom stereocenters. The number of hydrogen-bond donors (Lipinski definition) is 2. The molecule has 0 spiro atoms. The number of piperazine rings is 1. The zero-order valence-corrected chi connectivity index (χ0v) is 18.2. The van der Waals surface area contributed by atoms with Crippen molar-refractivity contribution in [1.29, 1.82) is 0 Å². The second kappa shape index (κ2) is 9.19. The molecule has 2 heterocycles. The monoisotopic (exact) mass is 439 g/mol. The van der Waals surface area contributed by atoms with Crippen molar-refractivity contribution in [2.24, 2.45) is 0 Å². The lowest BCUT2D eigenvalue weighted by atomic mass is 10.1. The highest BCUT2D eigenvalue weighted by molar-refractivity contribution is 7.90. The summed E-state index contributed by atoms with van der Waals surface area (Å²) < 4.78 is 27.4. The van der Waals surface area contributed by atoms with Crippen molar-refractivity contribution >= 4 is 33.5 Å². The number of rotatable bonds is 7. The molecule has 11 heteroatoms. The molecule has 1 aromatic rings.